The number of ether oxygens (including phenoxy) is 1. The Labute approximate surface area is 122 Å². The van der Waals surface area contributed by atoms with Crippen molar-refractivity contribution in [3.8, 4) is 5.75 Å². The number of carbonyl (C=O) groups is 1. The van der Waals surface area contributed by atoms with Gasteiger partial charge in [-0.1, -0.05) is 18.2 Å². The smallest absolute Gasteiger partial charge is 0.262 e. The maximum Gasteiger partial charge on any atom is 0.262 e. The van der Waals surface area contributed by atoms with Gasteiger partial charge in [-0.2, -0.15) is 0 Å². The van der Waals surface area contributed by atoms with Gasteiger partial charge in [0.05, 0.1) is 0 Å². The fourth-order valence-electron chi connectivity index (χ4n) is 1.78. The molecular weight excluding hydrogens is 271 g/mol. The number of nitrogens with one attached hydrogen (secondary N) is 1. The van der Waals surface area contributed by atoms with Gasteiger partial charge in [-0.3, -0.25) is 4.79 Å². The first-order valence-electron chi connectivity index (χ1n) is 6.56. The number of hydrogen-bond donors (Lipinski definition) is 2. The predicted octanol–water partition coefficient (Wildman–Crippen LogP) is 2.61. The summed E-state index contributed by atoms with van der Waals surface area (Å²) >= 11 is 0. The summed E-state index contributed by atoms with van der Waals surface area (Å²) in [7, 11) is 0. The van der Waals surface area contributed by atoms with Crippen LogP contribution < -0.4 is 15.8 Å². The maximum absolute atomic E-state index is 13.4. The monoisotopic (exact) mass is 288 g/mol. The first-order valence-corrected chi connectivity index (χ1v) is 6.56. The van der Waals surface area contributed by atoms with Gasteiger partial charge in [-0.25, -0.2) is 4.39 Å². The zero-order chi connectivity index (χ0) is 15.2. The van der Waals surface area contributed by atoms with E-state index in [1.54, 1.807) is 31.2 Å². The average molecular weight is 288 g/mol. The molecule has 110 valence electrons. The molecule has 0 fully saturated rings. The van der Waals surface area contributed by atoms with Crippen molar-refractivity contribution in [2.75, 3.05) is 11.9 Å². The number of benzene rings is 2. The maximum atomic E-state index is 13.4. The summed E-state index contributed by atoms with van der Waals surface area (Å²) in [4.78, 5) is 11.8. The summed E-state index contributed by atoms with van der Waals surface area (Å²) in [5.41, 5.74) is 7.39. The van der Waals surface area contributed by atoms with Gasteiger partial charge in [0.25, 0.3) is 5.91 Å². The zero-order valence-corrected chi connectivity index (χ0v) is 11.7. The molecule has 2 aromatic rings. The minimum absolute atomic E-state index is 0.149. The largest absolute Gasteiger partial charge is 0.484 e. The number of halogens is 1. The van der Waals surface area contributed by atoms with E-state index in [0.29, 0.717) is 23.5 Å². The lowest BCUT2D eigenvalue weighted by Gasteiger charge is -2.09. The summed E-state index contributed by atoms with van der Waals surface area (Å²) in [5.74, 6) is -0.135. The molecule has 2 aromatic carbocycles. The highest BCUT2D eigenvalue weighted by Gasteiger charge is 2.06. The number of nitrogens with two attached hydrogens (primary N) is 1. The van der Waals surface area contributed by atoms with Gasteiger partial charge >= 0.3 is 0 Å². The van der Waals surface area contributed by atoms with Gasteiger partial charge in [-0.15, -0.1) is 0 Å². The van der Waals surface area contributed by atoms with Crippen molar-refractivity contribution in [3.05, 3.63) is 59.4 Å². The van der Waals surface area contributed by atoms with Gasteiger partial charge in [0.2, 0.25) is 0 Å². The van der Waals surface area contributed by atoms with Crippen LogP contribution in [-0.4, -0.2) is 12.5 Å². The van der Waals surface area contributed by atoms with Crippen LogP contribution >= 0.6 is 0 Å². The Morgan fingerprint density at radius 1 is 1.29 bits per heavy atom. The molecule has 0 aliphatic heterocycles. The number of aryl methyl sites for hydroxylation is 1. The fourth-order valence-corrected chi connectivity index (χ4v) is 1.78. The fraction of sp³-hybridized carbons (Fsp3) is 0.188. The lowest BCUT2D eigenvalue weighted by Crippen LogP contribution is -2.20. The Hall–Kier alpha value is -2.40. The highest BCUT2D eigenvalue weighted by molar-refractivity contribution is 5.91. The summed E-state index contributed by atoms with van der Waals surface area (Å²) in [6.45, 7) is 1.92. The van der Waals surface area contributed by atoms with Crippen molar-refractivity contribution in [3.63, 3.8) is 0 Å². The predicted molar refractivity (Wildman–Crippen MR) is 79.6 cm³/mol. The summed E-state index contributed by atoms with van der Waals surface area (Å²) in [5, 5.41) is 2.58. The van der Waals surface area contributed by atoms with Crippen LogP contribution in [0.5, 0.6) is 5.75 Å². The summed E-state index contributed by atoms with van der Waals surface area (Å²) in [6, 6.07) is 11.7. The second-order valence-electron chi connectivity index (χ2n) is 4.65. The van der Waals surface area contributed by atoms with Crippen LogP contribution in [0.2, 0.25) is 0 Å². The minimum Gasteiger partial charge on any atom is -0.484 e. The summed E-state index contributed by atoms with van der Waals surface area (Å²) in [6.07, 6.45) is 0. The molecule has 4 nitrogen and oxygen atoms in total. The number of anilines is 1. The van der Waals surface area contributed by atoms with E-state index in [2.05, 4.69) is 5.32 Å². The second kappa shape index (κ2) is 6.85. The third kappa shape index (κ3) is 4.29. The topological polar surface area (TPSA) is 64.3 Å². The lowest BCUT2D eigenvalue weighted by molar-refractivity contribution is -0.118. The normalized spacial score (nSPS) is 10.2. The molecule has 2 rings (SSSR count). The van der Waals surface area contributed by atoms with E-state index in [1.807, 2.05) is 12.1 Å². The van der Waals surface area contributed by atoms with Gasteiger partial charge in [-0.05, 0) is 42.3 Å². The molecule has 0 unspecified atom stereocenters. The zero-order valence-electron chi connectivity index (χ0n) is 11.7. The summed E-state index contributed by atoms with van der Waals surface area (Å²) < 4.78 is 18.7. The standard InChI is InChI=1S/C16H17FN2O2/c1-11-5-6-13(8-15(11)17)19-16(20)10-21-14-4-2-3-12(7-14)9-18/h2-8H,9-10,18H2,1H3,(H,19,20). The van der Waals surface area contributed by atoms with E-state index in [-0.39, 0.29) is 18.3 Å². The highest BCUT2D eigenvalue weighted by atomic mass is 19.1. The van der Waals surface area contributed by atoms with E-state index in [1.165, 1.54) is 6.07 Å². The van der Waals surface area contributed by atoms with Crippen molar-refractivity contribution in [1.29, 1.82) is 0 Å². The molecule has 0 radical (unpaired) electrons. The molecule has 3 N–H and O–H groups in total. The van der Waals surface area contributed by atoms with Gasteiger partial charge in [0.1, 0.15) is 11.6 Å². The Morgan fingerprint density at radius 2 is 2.10 bits per heavy atom. The highest BCUT2D eigenvalue weighted by Crippen LogP contribution is 2.15. The van der Waals surface area contributed by atoms with E-state index < -0.39 is 0 Å². The van der Waals surface area contributed by atoms with Crippen LogP contribution in [-0.2, 0) is 11.3 Å². The van der Waals surface area contributed by atoms with Crippen LogP contribution in [0, 0.1) is 12.7 Å². The van der Waals surface area contributed by atoms with E-state index in [0.717, 1.165) is 5.56 Å². The Morgan fingerprint density at radius 3 is 2.81 bits per heavy atom. The molecule has 0 heterocycles. The van der Waals surface area contributed by atoms with Crippen LogP contribution in [0.25, 0.3) is 0 Å². The number of rotatable bonds is 5. The molecule has 5 heteroatoms. The Bertz CT molecular complexity index is 644. The average Bonchev–Trinajstić information content (AvgIpc) is 2.49. The number of amides is 1. The molecule has 0 saturated carbocycles. The van der Waals surface area contributed by atoms with Gasteiger partial charge in [0, 0.05) is 12.2 Å². The number of hydrogen-bond acceptors (Lipinski definition) is 3. The van der Waals surface area contributed by atoms with E-state index in [4.69, 9.17) is 10.5 Å². The van der Waals surface area contributed by atoms with Crippen molar-refractivity contribution in [2.24, 2.45) is 5.73 Å². The van der Waals surface area contributed by atoms with Gasteiger partial charge < -0.3 is 15.8 Å². The molecular formula is C16H17FN2O2. The Balaban J connectivity index is 1.91. The number of carbonyl (C=O) groups excluding carboxylic acids is 1. The molecule has 0 aliphatic carbocycles. The lowest BCUT2D eigenvalue weighted by atomic mass is 10.2. The Kier molecular flexibility index (Phi) is 4.90. The SMILES string of the molecule is Cc1ccc(NC(=O)COc2cccc(CN)c2)cc1F. The molecule has 1 amide bonds. The van der Waals surface area contributed by atoms with Crippen molar-refractivity contribution < 1.29 is 13.9 Å². The molecule has 0 bridgehead atoms. The van der Waals surface area contributed by atoms with Crippen LogP contribution in [0.15, 0.2) is 42.5 Å². The van der Waals surface area contributed by atoms with E-state index in [9.17, 15) is 9.18 Å². The molecule has 0 atom stereocenters. The van der Waals surface area contributed by atoms with Crippen LogP contribution in [0.3, 0.4) is 0 Å². The van der Waals surface area contributed by atoms with Crippen LogP contribution in [0.4, 0.5) is 10.1 Å². The molecule has 0 saturated heterocycles. The quantitative estimate of drug-likeness (QED) is 0.889. The molecule has 21 heavy (non-hydrogen) atoms. The minimum atomic E-state index is -0.357. The first-order chi connectivity index (χ1) is 10.1. The third-order valence-corrected chi connectivity index (χ3v) is 2.96. The van der Waals surface area contributed by atoms with Crippen molar-refractivity contribution in [2.45, 2.75) is 13.5 Å². The second-order valence-corrected chi connectivity index (χ2v) is 4.65. The molecule has 0 aliphatic rings. The molecule has 0 spiro atoms. The first kappa shape index (κ1) is 15.0. The third-order valence-electron chi connectivity index (χ3n) is 2.96. The van der Waals surface area contributed by atoms with Crippen LogP contribution in [0.1, 0.15) is 11.1 Å². The van der Waals surface area contributed by atoms with Crippen molar-refractivity contribution in [1.82, 2.24) is 0 Å². The van der Waals surface area contributed by atoms with Gasteiger partial charge in [0.15, 0.2) is 6.61 Å². The van der Waals surface area contributed by atoms with Crippen molar-refractivity contribution >= 4 is 11.6 Å². The van der Waals surface area contributed by atoms with E-state index >= 15 is 0 Å². The molecule has 0 aromatic heterocycles.